The smallest absolute Gasteiger partial charge is 0.295 e. The minimum Gasteiger partial charge on any atom is -0.508 e. The fourth-order valence-electron chi connectivity index (χ4n) is 4.16. The van der Waals surface area contributed by atoms with E-state index in [-0.39, 0.29) is 23.1 Å². The van der Waals surface area contributed by atoms with Crippen molar-refractivity contribution in [3.63, 3.8) is 0 Å². The Kier molecular flexibility index (Phi) is 4.98. The standard InChI is InChI=1S/C22H20BrNO4/c23-15-9-5-14(6-10-15)20(26)18-19(13-7-11-17(25)12-8-13)24(22(28)21(18)27)16-3-1-2-4-16/h5-12,16,19,25-26H,1-4H2/b20-18-. The quantitative estimate of drug-likeness (QED) is 0.416. The van der Waals surface area contributed by atoms with E-state index in [0.717, 1.165) is 30.2 Å². The zero-order valence-electron chi connectivity index (χ0n) is 15.1. The van der Waals surface area contributed by atoms with Crippen LogP contribution in [0, 0.1) is 0 Å². The van der Waals surface area contributed by atoms with Crippen LogP contribution in [0.15, 0.2) is 58.6 Å². The molecular weight excluding hydrogens is 422 g/mol. The zero-order valence-corrected chi connectivity index (χ0v) is 16.7. The molecular formula is C22H20BrNO4. The number of phenolic OH excluding ortho intramolecular Hbond substituents is 1. The number of hydrogen-bond donors (Lipinski definition) is 2. The first-order chi connectivity index (χ1) is 13.5. The predicted octanol–water partition coefficient (Wildman–Crippen LogP) is 4.52. The van der Waals surface area contributed by atoms with Crippen LogP contribution in [0.2, 0.25) is 0 Å². The number of likely N-dealkylation sites (tertiary alicyclic amines) is 1. The topological polar surface area (TPSA) is 77.8 Å². The van der Waals surface area contributed by atoms with Crippen LogP contribution in [0.5, 0.6) is 5.75 Å². The predicted molar refractivity (Wildman–Crippen MR) is 109 cm³/mol. The van der Waals surface area contributed by atoms with Crippen LogP contribution in [0.4, 0.5) is 0 Å². The first-order valence-corrected chi connectivity index (χ1v) is 10.1. The fraction of sp³-hybridized carbons (Fsp3) is 0.273. The molecule has 1 saturated carbocycles. The van der Waals surface area contributed by atoms with Crippen molar-refractivity contribution in [1.29, 1.82) is 0 Å². The number of benzene rings is 2. The molecule has 6 heteroatoms. The molecule has 1 amide bonds. The SMILES string of the molecule is O=C1C(=O)N(C2CCCC2)C(c2ccc(O)cc2)/C1=C(/O)c1ccc(Br)cc1. The number of amides is 1. The second-order valence-corrected chi connectivity index (χ2v) is 8.16. The third-order valence-corrected chi connectivity index (χ3v) is 6.05. The van der Waals surface area contributed by atoms with Gasteiger partial charge in [0.05, 0.1) is 11.6 Å². The first-order valence-electron chi connectivity index (χ1n) is 9.32. The van der Waals surface area contributed by atoms with Gasteiger partial charge in [0.25, 0.3) is 11.7 Å². The van der Waals surface area contributed by atoms with E-state index < -0.39 is 17.7 Å². The number of ketones is 1. The summed E-state index contributed by atoms with van der Waals surface area (Å²) in [5.74, 6) is -1.30. The van der Waals surface area contributed by atoms with Gasteiger partial charge < -0.3 is 15.1 Å². The zero-order chi connectivity index (χ0) is 19.8. The summed E-state index contributed by atoms with van der Waals surface area (Å²) in [4.78, 5) is 27.5. The molecule has 0 bridgehead atoms. The molecule has 1 heterocycles. The summed E-state index contributed by atoms with van der Waals surface area (Å²) in [5.41, 5.74) is 1.28. The maximum absolute atomic E-state index is 12.9. The molecule has 1 atom stereocenters. The van der Waals surface area contributed by atoms with Crippen LogP contribution < -0.4 is 0 Å². The molecule has 2 N–H and O–H groups in total. The van der Waals surface area contributed by atoms with Gasteiger partial charge in [0.2, 0.25) is 0 Å². The second kappa shape index (κ2) is 7.43. The molecule has 0 radical (unpaired) electrons. The van der Waals surface area contributed by atoms with Crippen molar-refractivity contribution in [3.8, 4) is 5.75 Å². The highest BCUT2D eigenvalue weighted by molar-refractivity contribution is 9.10. The second-order valence-electron chi connectivity index (χ2n) is 7.24. The number of carbonyl (C=O) groups excluding carboxylic acids is 2. The van der Waals surface area contributed by atoms with Gasteiger partial charge in [-0.25, -0.2) is 0 Å². The van der Waals surface area contributed by atoms with Gasteiger partial charge in [-0.1, -0.05) is 53.0 Å². The summed E-state index contributed by atoms with van der Waals surface area (Å²) >= 11 is 3.36. The van der Waals surface area contributed by atoms with Gasteiger partial charge in [0.1, 0.15) is 11.5 Å². The van der Waals surface area contributed by atoms with Crippen LogP contribution in [0.1, 0.15) is 42.9 Å². The molecule has 2 aliphatic rings. The van der Waals surface area contributed by atoms with Crippen molar-refractivity contribution in [1.82, 2.24) is 4.90 Å². The van der Waals surface area contributed by atoms with Crippen molar-refractivity contribution in [2.75, 3.05) is 0 Å². The molecule has 2 aromatic carbocycles. The number of nitrogens with zero attached hydrogens (tertiary/aromatic N) is 1. The van der Waals surface area contributed by atoms with Crippen molar-refractivity contribution in [2.24, 2.45) is 0 Å². The number of aliphatic hydroxyl groups is 1. The Morgan fingerprint density at radius 1 is 0.964 bits per heavy atom. The summed E-state index contributed by atoms with van der Waals surface area (Å²) in [6, 6.07) is 12.7. The minimum absolute atomic E-state index is 0.0227. The fourth-order valence-corrected chi connectivity index (χ4v) is 4.42. The van der Waals surface area contributed by atoms with Gasteiger partial charge in [-0.3, -0.25) is 9.59 Å². The van der Waals surface area contributed by atoms with Crippen LogP contribution in [-0.2, 0) is 9.59 Å². The molecule has 28 heavy (non-hydrogen) atoms. The maximum atomic E-state index is 12.9. The van der Waals surface area contributed by atoms with Gasteiger partial charge >= 0.3 is 0 Å². The molecule has 1 aliphatic heterocycles. The lowest BCUT2D eigenvalue weighted by molar-refractivity contribution is -0.141. The van der Waals surface area contributed by atoms with E-state index in [1.807, 2.05) is 0 Å². The summed E-state index contributed by atoms with van der Waals surface area (Å²) in [6.45, 7) is 0. The van der Waals surface area contributed by atoms with Gasteiger partial charge in [0.15, 0.2) is 0 Å². The lowest BCUT2D eigenvalue weighted by Crippen LogP contribution is -2.37. The molecule has 144 valence electrons. The van der Waals surface area contributed by atoms with E-state index in [4.69, 9.17) is 0 Å². The Morgan fingerprint density at radius 2 is 1.57 bits per heavy atom. The van der Waals surface area contributed by atoms with Crippen LogP contribution in [0.3, 0.4) is 0 Å². The molecule has 1 saturated heterocycles. The van der Waals surface area contributed by atoms with Crippen molar-refractivity contribution >= 4 is 33.4 Å². The van der Waals surface area contributed by atoms with E-state index in [9.17, 15) is 19.8 Å². The third-order valence-electron chi connectivity index (χ3n) is 5.52. The maximum Gasteiger partial charge on any atom is 0.295 e. The lowest BCUT2D eigenvalue weighted by Gasteiger charge is -2.30. The van der Waals surface area contributed by atoms with E-state index in [2.05, 4.69) is 15.9 Å². The van der Waals surface area contributed by atoms with Crippen molar-refractivity contribution < 1.29 is 19.8 Å². The van der Waals surface area contributed by atoms with Crippen molar-refractivity contribution in [3.05, 3.63) is 69.7 Å². The molecule has 1 unspecified atom stereocenters. The Morgan fingerprint density at radius 3 is 2.18 bits per heavy atom. The number of aromatic hydroxyl groups is 1. The summed E-state index contributed by atoms with van der Waals surface area (Å²) in [6.07, 6.45) is 3.73. The van der Waals surface area contributed by atoms with E-state index in [0.29, 0.717) is 11.1 Å². The highest BCUT2D eigenvalue weighted by Crippen LogP contribution is 2.43. The van der Waals surface area contributed by atoms with E-state index in [1.54, 1.807) is 41.3 Å². The molecule has 2 fully saturated rings. The highest BCUT2D eigenvalue weighted by Gasteiger charge is 2.49. The lowest BCUT2D eigenvalue weighted by atomic mass is 9.94. The Labute approximate surface area is 171 Å². The number of rotatable bonds is 3. The van der Waals surface area contributed by atoms with Crippen LogP contribution >= 0.6 is 15.9 Å². The van der Waals surface area contributed by atoms with Gasteiger partial charge in [-0.05, 0) is 42.7 Å². The van der Waals surface area contributed by atoms with Crippen LogP contribution in [0.25, 0.3) is 5.76 Å². The average molecular weight is 442 g/mol. The first kappa shape index (κ1) is 18.7. The van der Waals surface area contributed by atoms with E-state index in [1.165, 1.54) is 12.1 Å². The summed E-state index contributed by atoms with van der Waals surface area (Å²) < 4.78 is 0.852. The third kappa shape index (κ3) is 3.22. The molecule has 4 rings (SSSR count). The largest absolute Gasteiger partial charge is 0.508 e. The Bertz CT molecular complexity index is 944. The Balaban J connectivity index is 1.87. The number of Topliss-reactive ketones (excluding diaryl/α,β-unsaturated/α-hetero) is 1. The summed E-state index contributed by atoms with van der Waals surface area (Å²) in [7, 11) is 0. The molecule has 2 aromatic rings. The van der Waals surface area contributed by atoms with Crippen LogP contribution in [-0.4, -0.2) is 32.8 Å². The number of phenols is 1. The number of halogens is 1. The Hall–Kier alpha value is -2.60. The molecule has 1 aliphatic carbocycles. The molecule has 0 spiro atoms. The minimum atomic E-state index is -0.662. The van der Waals surface area contributed by atoms with Gasteiger partial charge in [0, 0.05) is 16.1 Å². The molecule has 0 aromatic heterocycles. The number of carbonyl (C=O) groups is 2. The number of hydrogen-bond acceptors (Lipinski definition) is 4. The number of aliphatic hydroxyl groups excluding tert-OH is 1. The van der Waals surface area contributed by atoms with E-state index >= 15 is 0 Å². The monoisotopic (exact) mass is 441 g/mol. The molecule has 5 nitrogen and oxygen atoms in total. The highest BCUT2D eigenvalue weighted by atomic mass is 79.9. The normalized spacial score (nSPS) is 22.2. The average Bonchev–Trinajstić information content (AvgIpc) is 3.30. The van der Waals surface area contributed by atoms with Crippen molar-refractivity contribution in [2.45, 2.75) is 37.8 Å². The summed E-state index contributed by atoms with van der Waals surface area (Å²) in [5, 5.41) is 20.6. The van der Waals surface area contributed by atoms with Gasteiger partial charge in [-0.15, -0.1) is 0 Å². The van der Waals surface area contributed by atoms with Gasteiger partial charge in [-0.2, -0.15) is 0 Å².